The number of carbonyl (C=O) groups excluding carboxylic acids is 1. The zero-order valence-corrected chi connectivity index (χ0v) is 12.6. The summed E-state index contributed by atoms with van der Waals surface area (Å²) >= 11 is 6.77. The van der Waals surface area contributed by atoms with Crippen LogP contribution in [-0.4, -0.2) is 17.3 Å². The Morgan fingerprint density at radius 2 is 2.12 bits per heavy atom. The van der Waals surface area contributed by atoms with E-state index in [4.69, 9.17) is 0 Å². The summed E-state index contributed by atoms with van der Waals surface area (Å²) < 4.78 is 0.935. The fourth-order valence-electron chi connectivity index (χ4n) is 1.39. The van der Waals surface area contributed by atoms with Crippen LogP contribution in [0.25, 0.3) is 0 Å². The van der Waals surface area contributed by atoms with Crippen LogP contribution in [0.5, 0.6) is 0 Å². The van der Waals surface area contributed by atoms with Gasteiger partial charge in [0, 0.05) is 21.4 Å². The second-order valence-electron chi connectivity index (χ2n) is 3.75. The molecule has 2 nitrogen and oxygen atoms in total. The molecule has 0 fully saturated rings. The summed E-state index contributed by atoms with van der Waals surface area (Å²) in [7, 11) is 0. The average Bonchev–Trinajstić information content (AvgIpc) is 2.24. The molecule has 88 valence electrons. The molecule has 0 aliphatic carbocycles. The lowest BCUT2D eigenvalue weighted by molar-refractivity contribution is 0.0940. The van der Waals surface area contributed by atoms with E-state index in [0.29, 0.717) is 5.56 Å². The average molecular weight is 349 g/mol. The number of alkyl halides is 1. The monoisotopic (exact) mass is 347 g/mol. The fraction of sp³-hybridized carbons (Fsp3) is 0.417. The second-order valence-corrected chi connectivity index (χ2v) is 5.31. The lowest BCUT2D eigenvalue weighted by Crippen LogP contribution is -2.35. The Morgan fingerprint density at radius 3 is 2.62 bits per heavy atom. The van der Waals surface area contributed by atoms with Crippen LogP contribution < -0.4 is 5.32 Å². The van der Waals surface area contributed by atoms with Gasteiger partial charge in [-0.25, -0.2) is 0 Å². The van der Waals surface area contributed by atoms with E-state index in [2.05, 4.69) is 44.1 Å². The van der Waals surface area contributed by atoms with Crippen molar-refractivity contribution in [2.75, 3.05) is 5.33 Å². The van der Waals surface area contributed by atoms with E-state index < -0.39 is 0 Å². The summed E-state index contributed by atoms with van der Waals surface area (Å²) in [4.78, 5) is 11.9. The van der Waals surface area contributed by atoms with Crippen molar-refractivity contribution in [2.45, 2.75) is 26.3 Å². The molecule has 0 radical (unpaired) electrons. The van der Waals surface area contributed by atoms with Gasteiger partial charge in [-0.3, -0.25) is 4.79 Å². The minimum atomic E-state index is -0.0179. The Hall–Kier alpha value is -0.350. The predicted molar refractivity (Wildman–Crippen MR) is 74.2 cm³/mol. The number of aryl methyl sites for hydroxylation is 1. The molecule has 1 N–H and O–H groups in total. The van der Waals surface area contributed by atoms with Crippen molar-refractivity contribution in [3.8, 4) is 0 Å². The summed E-state index contributed by atoms with van der Waals surface area (Å²) in [5.74, 6) is -0.0179. The first kappa shape index (κ1) is 13.7. The van der Waals surface area contributed by atoms with Gasteiger partial charge in [-0.2, -0.15) is 0 Å². The molecule has 0 spiro atoms. The quantitative estimate of drug-likeness (QED) is 0.826. The lowest BCUT2D eigenvalue weighted by atomic mass is 10.1. The first-order valence-electron chi connectivity index (χ1n) is 5.20. The number of benzene rings is 1. The smallest absolute Gasteiger partial charge is 0.251 e. The van der Waals surface area contributed by atoms with Crippen molar-refractivity contribution in [3.63, 3.8) is 0 Å². The van der Waals surface area contributed by atoms with Crippen molar-refractivity contribution >= 4 is 37.8 Å². The van der Waals surface area contributed by atoms with Crippen LogP contribution in [0.4, 0.5) is 0 Å². The molecular formula is C12H15Br2NO. The number of amides is 1. The van der Waals surface area contributed by atoms with Crippen molar-refractivity contribution in [1.82, 2.24) is 5.32 Å². The minimum Gasteiger partial charge on any atom is -0.348 e. The van der Waals surface area contributed by atoms with Crippen molar-refractivity contribution in [2.24, 2.45) is 0 Å². The summed E-state index contributed by atoms with van der Waals surface area (Å²) in [6.07, 6.45) is 0.921. The van der Waals surface area contributed by atoms with E-state index in [9.17, 15) is 4.79 Å². The maximum atomic E-state index is 11.9. The second kappa shape index (κ2) is 6.40. The van der Waals surface area contributed by atoms with Crippen LogP contribution in [0, 0.1) is 6.92 Å². The van der Waals surface area contributed by atoms with Gasteiger partial charge in [0.25, 0.3) is 5.91 Å². The van der Waals surface area contributed by atoms with Gasteiger partial charge in [0.05, 0.1) is 0 Å². The normalized spacial score (nSPS) is 12.2. The summed E-state index contributed by atoms with van der Waals surface area (Å²) in [5.41, 5.74) is 1.78. The standard InChI is InChI=1S/C12H15Br2NO/c1-3-11(7-13)15-12(16)9-4-8(2)5-10(14)6-9/h4-6,11H,3,7H2,1-2H3,(H,15,16). The molecular weight excluding hydrogens is 334 g/mol. The van der Waals surface area contributed by atoms with Crippen LogP contribution in [0.15, 0.2) is 22.7 Å². The summed E-state index contributed by atoms with van der Waals surface area (Å²) in [5, 5.41) is 3.76. The SMILES string of the molecule is CCC(CBr)NC(=O)c1cc(C)cc(Br)c1. The maximum absolute atomic E-state index is 11.9. The molecule has 0 aliphatic rings. The maximum Gasteiger partial charge on any atom is 0.251 e. The molecule has 1 rings (SSSR count). The van der Waals surface area contributed by atoms with E-state index in [1.54, 1.807) is 0 Å². The van der Waals surface area contributed by atoms with Crippen molar-refractivity contribution in [3.05, 3.63) is 33.8 Å². The number of carbonyl (C=O) groups is 1. The molecule has 1 aromatic rings. The molecule has 0 saturated heterocycles. The highest BCUT2D eigenvalue weighted by atomic mass is 79.9. The zero-order valence-electron chi connectivity index (χ0n) is 9.39. The Balaban J connectivity index is 2.80. The Labute approximate surface area is 113 Å². The topological polar surface area (TPSA) is 29.1 Å². The van der Waals surface area contributed by atoms with Crippen LogP contribution >= 0.6 is 31.9 Å². The minimum absolute atomic E-state index is 0.0179. The molecule has 1 atom stereocenters. The van der Waals surface area contributed by atoms with Crippen molar-refractivity contribution in [1.29, 1.82) is 0 Å². The van der Waals surface area contributed by atoms with Crippen molar-refractivity contribution < 1.29 is 4.79 Å². The van der Waals surface area contributed by atoms with Gasteiger partial charge in [0.15, 0.2) is 0 Å². The van der Waals surface area contributed by atoms with Crippen LogP contribution in [0.1, 0.15) is 29.3 Å². The first-order valence-corrected chi connectivity index (χ1v) is 7.12. The zero-order chi connectivity index (χ0) is 12.1. The van der Waals surface area contributed by atoms with Gasteiger partial charge >= 0.3 is 0 Å². The number of hydrogen-bond acceptors (Lipinski definition) is 1. The van der Waals surface area contributed by atoms with E-state index in [0.717, 1.165) is 21.8 Å². The molecule has 1 amide bonds. The lowest BCUT2D eigenvalue weighted by Gasteiger charge is -2.14. The van der Waals surface area contributed by atoms with E-state index in [1.807, 2.05) is 25.1 Å². The van der Waals surface area contributed by atoms with E-state index >= 15 is 0 Å². The number of hydrogen-bond donors (Lipinski definition) is 1. The Morgan fingerprint density at radius 1 is 1.44 bits per heavy atom. The van der Waals surface area contributed by atoms with Gasteiger partial charge in [-0.15, -0.1) is 0 Å². The molecule has 16 heavy (non-hydrogen) atoms. The fourth-order valence-corrected chi connectivity index (χ4v) is 2.61. The summed E-state index contributed by atoms with van der Waals surface area (Å²) in [6.45, 7) is 4.03. The van der Waals surface area contributed by atoms with Crippen LogP contribution in [0.2, 0.25) is 0 Å². The van der Waals surface area contributed by atoms with E-state index in [-0.39, 0.29) is 11.9 Å². The molecule has 0 aromatic heterocycles. The molecule has 0 saturated carbocycles. The highest BCUT2D eigenvalue weighted by Gasteiger charge is 2.11. The third kappa shape index (κ3) is 3.91. The molecule has 4 heteroatoms. The third-order valence-electron chi connectivity index (χ3n) is 2.32. The first-order chi connectivity index (χ1) is 7.56. The van der Waals surface area contributed by atoms with Gasteiger partial charge in [0.1, 0.15) is 0 Å². The van der Waals surface area contributed by atoms with Gasteiger partial charge in [0.2, 0.25) is 0 Å². The number of halogens is 2. The Kier molecular flexibility index (Phi) is 5.49. The van der Waals surface area contributed by atoms with E-state index in [1.165, 1.54) is 0 Å². The molecule has 1 unspecified atom stereocenters. The van der Waals surface area contributed by atoms with Crippen LogP contribution in [-0.2, 0) is 0 Å². The van der Waals surface area contributed by atoms with Gasteiger partial charge in [-0.1, -0.05) is 38.8 Å². The van der Waals surface area contributed by atoms with Gasteiger partial charge < -0.3 is 5.32 Å². The summed E-state index contributed by atoms with van der Waals surface area (Å²) in [6, 6.07) is 5.90. The molecule has 0 heterocycles. The number of rotatable bonds is 4. The highest BCUT2D eigenvalue weighted by Crippen LogP contribution is 2.15. The molecule has 0 bridgehead atoms. The number of nitrogens with one attached hydrogen (secondary N) is 1. The predicted octanol–water partition coefficient (Wildman–Crippen LogP) is 3.66. The van der Waals surface area contributed by atoms with Crippen LogP contribution in [0.3, 0.4) is 0 Å². The highest BCUT2D eigenvalue weighted by molar-refractivity contribution is 9.10. The molecule has 0 aliphatic heterocycles. The molecule has 1 aromatic carbocycles. The Bertz CT molecular complexity index is 355. The third-order valence-corrected chi connectivity index (χ3v) is 3.56. The van der Waals surface area contributed by atoms with Gasteiger partial charge in [-0.05, 0) is 37.1 Å². The largest absolute Gasteiger partial charge is 0.348 e.